The predicted octanol–water partition coefficient (Wildman–Crippen LogP) is 2.26. The second kappa shape index (κ2) is 8.31. The van der Waals surface area contributed by atoms with Crippen molar-refractivity contribution in [2.24, 2.45) is 0 Å². The Bertz CT molecular complexity index is 735. The first-order chi connectivity index (χ1) is 12.5. The molecule has 2 aromatic rings. The summed E-state index contributed by atoms with van der Waals surface area (Å²) in [6, 6.07) is 8.60. The molecule has 0 aliphatic carbocycles. The molecular formula is C19H27N5O2. The van der Waals surface area contributed by atoms with E-state index < -0.39 is 0 Å². The summed E-state index contributed by atoms with van der Waals surface area (Å²) in [6.07, 6.45) is 3.76. The largest absolute Gasteiger partial charge is 0.497 e. The van der Waals surface area contributed by atoms with Crippen molar-refractivity contribution in [2.75, 3.05) is 20.2 Å². The van der Waals surface area contributed by atoms with Gasteiger partial charge in [-0.15, -0.1) is 5.10 Å². The summed E-state index contributed by atoms with van der Waals surface area (Å²) in [4.78, 5) is 14.5. The van der Waals surface area contributed by atoms with Crippen LogP contribution in [0.4, 0.5) is 0 Å². The lowest BCUT2D eigenvalue weighted by Crippen LogP contribution is -2.34. The molecule has 2 heterocycles. The topological polar surface area (TPSA) is 72.3 Å². The predicted molar refractivity (Wildman–Crippen MR) is 99.2 cm³/mol. The van der Waals surface area contributed by atoms with Crippen LogP contribution in [0.3, 0.4) is 0 Å². The molecule has 3 rings (SSSR count). The van der Waals surface area contributed by atoms with Crippen molar-refractivity contribution in [3.05, 3.63) is 41.7 Å². The Morgan fingerprint density at radius 2 is 2.12 bits per heavy atom. The van der Waals surface area contributed by atoms with Crippen LogP contribution in [0.15, 0.2) is 30.5 Å². The fourth-order valence-electron chi connectivity index (χ4n) is 3.27. The normalized spacial score (nSPS) is 16.0. The van der Waals surface area contributed by atoms with E-state index in [9.17, 15) is 4.79 Å². The molecule has 1 aromatic carbocycles. The van der Waals surface area contributed by atoms with E-state index in [2.05, 4.69) is 32.7 Å². The molecule has 140 valence electrons. The Balaban J connectivity index is 1.53. The first kappa shape index (κ1) is 18.4. The van der Waals surface area contributed by atoms with Gasteiger partial charge < -0.3 is 10.1 Å². The Morgan fingerprint density at radius 1 is 1.35 bits per heavy atom. The van der Waals surface area contributed by atoms with E-state index in [4.69, 9.17) is 4.74 Å². The molecule has 1 aliphatic heterocycles. The van der Waals surface area contributed by atoms with Crippen molar-refractivity contribution in [3.8, 4) is 5.75 Å². The molecule has 1 N–H and O–H groups in total. The number of ether oxygens (including phenoxy) is 1. The Labute approximate surface area is 154 Å². The molecule has 0 bridgehead atoms. The molecule has 0 unspecified atom stereocenters. The van der Waals surface area contributed by atoms with E-state index in [0.717, 1.165) is 38.2 Å². The zero-order chi connectivity index (χ0) is 18.5. The van der Waals surface area contributed by atoms with E-state index in [-0.39, 0.29) is 11.9 Å². The highest BCUT2D eigenvalue weighted by molar-refractivity contribution is 5.91. The third-order valence-corrected chi connectivity index (χ3v) is 4.63. The van der Waals surface area contributed by atoms with Crippen LogP contribution in [-0.4, -0.2) is 52.0 Å². The van der Waals surface area contributed by atoms with Crippen LogP contribution >= 0.6 is 0 Å². The van der Waals surface area contributed by atoms with Crippen LogP contribution in [0.5, 0.6) is 5.75 Å². The van der Waals surface area contributed by atoms with Gasteiger partial charge in [0.15, 0.2) is 5.69 Å². The number of methoxy groups -OCH3 is 1. The van der Waals surface area contributed by atoms with E-state index in [0.29, 0.717) is 11.7 Å². The molecule has 0 radical (unpaired) electrons. The lowest BCUT2D eigenvalue weighted by atomic mass is 10.0. The number of nitrogens with one attached hydrogen (secondary N) is 1. The van der Waals surface area contributed by atoms with Gasteiger partial charge in [0, 0.05) is 25.7 Å². The van der Waals surface area contributed by atoms with Crippen molar-refractivity contribution >= 4 is 5.91 Å². The molecule has 0 spiro atoms. The van der Waals surface area contributed by atoms with Gasteiger partial charge in [-0.2, -0.15) is 0 Å². The maximum Gasteiger partial charge on any atom is 0.273 e. The van der Waals surface area contributed by atoms with Gasteiger partial charge in [-0.25, -0.2) is 4.68 Å². The summed E-state index contributed by atoms with van der Waals surface area (Å²) in [7, 11) is 1.69. The Kier molecular flexibility index (Phi) is 5.88. The first-order valence-corrected chi connectivity index (χ1v) is 9.13. The zero-order valence-electron chi connectivity index (χ0n) is 15.7. The molecule has 1 aromatic heterocycles. The average Bonchev–Trinajstić information content (AvgIpc) is 3.12. The molecular weight excluding hydrogens is 330 g/mol. The van der Waals surface area contributed by atoms with Crippen LogP contribution in [-0.2, 0) is 6.54 Å². The van der Waals surface area contributed by atoms with E-state index >= 15 is 0 Å². The fraction of sp³-hybridized carbons (Fsp3) is 0.526. The summed E-state index contributed by atoms with van der Waals surface area (Å²) in [5.74, 6) is 0.730. The highest BCUT2D eigenvalue weighted by atomic mass is 16.5. The maximum atomic E-state index is 12.0. The molecule has 1 aliphatic rings. The molecule has 1 amide bonds. The second-order valence-electron chi connectivity index (χ2n) is 7.07. The van der Waals surface area contributed by atoms with Gasteiger partial charge in [-0.05, 0) is 44.4 Å². The summed E-state index contributed by atoms with van der Waals surface area (Å²) < 4.78 is 7.14. The van der Waals surface area contributed by atoms with E-state index in [1.54, 1.807) is 13.3 Å². The highest BCUT2D eigenvalue weighted by Crippen LogP contribution is 2.23. The van der Waals surface area contributed by atoms with E-state index in [1.807, 2.05) is 30.7 Å². The molecule has 1 saturated heterocycles. The summed E-state index contributed by atoms with van der Waals surface area (Å²) in [5, 5.41) is 11.0. The number of piperidine rings is 1. The Hall–Kier alpha value is -2.41. The Morgan fingerprint density at radius 3 is 2.81 bits per heavy atom. The van der Waals surface area contributed by atoms with Gasteiger partial charge in [0.1, 0.15) is 5.75 Å². The summed E-state index contributed by atoms with van der Waals surface area (Å²) in [5.41, 5.74) is 1.65. The number of likely N-dealkylation sites (tertiary alicyclic amines) is 1. The van der Waals surface area contributed by atoms with Gasteiger partial charge in [0.25, 0.3) is 5.91 Å². The number of hydrogen-bond donors (Lipinski definition) is 1. The van der Waals surface area contributed by atoms with Gasteiger partial charge in [0.05, 0.1) is 19.3 Å². The minimum atomic E-state index is -0.165. The number of carbonyl (C=O) groups excluding carboxylic acids is 1. The van der Waals surface area contributed by atoms with Gasteiger partial charge in [-0.3, -0.25) is 9.69 Å². The maximum absolute atomic E-state index is 12.0. The number of nitrogens with zero attached hydrogens (tertiary/aromatic N) is 4. The number of hydrogen-bond acceptors (Lipinski definition) is 5. The number of benzene rings is 1. The number of amides is 1. The van der Waals surface area contributed by atoms with Gasteiger partial charge in [0.2, 0.25) is 0 Å². The van der Waals surface area contributed by atoms with Crippen molar-refractivity contribution in [3.63, 3.8) is 0 Å². The van der Waals surface area contributed by atoms with Crippen LogP contribution in [0, 0.1) is 0 Å². The second-order valence-corrected chi connectivity index (χ2v) is 7.07. The first-order valence-electron chi connectivity index (χ1n) is 9.13. The van der Waals surface area contributed by atoms with Crippen molar-refractivity contribution in [1.82, 2.24) is 25.2 Å². The third kappa shape index (κ3) is 4.60. The van der Waals surface area contributed by atoms with Crippen molar-refractivity contribution < 1.29 is 9.53 Å². The lowest BCUT2D eigenvalue weighted by molar-refractivity contribution is 0.0938. The van der Waals surface area contributed by atoms with Crippen LogP contribution in [0.1, 0.15) is 48.8 Å². The fourth-order valence-corrected chi connectivity index (χ4v) is 3.27. The molecule has 0 saturated carbocycles. The molecule has 7 nitrogen and oxygen atoms in total. The quantitative estimate of drug-likeness (QED) is 0.859. The number of aromatic nitrogens is 3. The van der Waals surface area contributed by atoms with Crippen molar-refractivity contribution in [1.29, 1.82) is 0 Å². The molecule has 1 fully saturated rings. The standard InChI is InChI=1S/C19H27N5O2/c1-14(2)20-19(25)18-13-24(22-21-18)16-7-9-23(10-8-16)12-15-5-4-6-17(11-15)26-3/h4-6,11,13-14,16H,7-10,12H2,1-3H3,(H,20,25). The van der Waals surface area contributed by atoms with Crippen LogP contribution in [0.25, 0.3) is 0 Å². The molecule has 0 atom stereocenters. The van der Waals surface area contributed by atoms with Crippen LogP contribution < -0.4 is 10.1 Å². The number of rotatable bonds is 6. The molecule has 26 heavy (non-hydrogen) atoms. The lowest BCUT2D eigenvalue weighted by Gasteiger charge is -2.31. The SMILES string of the molecule is COc1cccc(CN2CCC(n3cc(C(=O)NC(C)C)nn3)CC2)c1. The summed E-state index contributed by atoms with van der Waals surface area (Å²) >= 11 is 0. The minimum absolute atomic E-state index is 0.0903. The smallest absolute Gasteiger partial charge is 0.273 e. The average molecular weight is 357 g/mol. The summed E-state index contributed by atoms with van der Waals surface area (Å²) in [6.45, 7) is 6.77. The van der Waals surface area contributed by atoms with Crippen LogP contribution in [0.2, 0.25) is 0 Å². The molecule has 7 heteroatoms. The minimum Gasteiger partial charge on any atom is -0.497 e. The van der Waals surface area contributed by atoms with Crippen molar-refractivity contribution in [2.45, 2.75) is 45.3 Å². The van der Waals surface area contributed by atoms with Gasteiger partial charge in [-0.1, -0.05) is 17.3 Å². The van der Waals surface area contributed by atoms with Gasteiger partial charge >= 0.3 is 0 Å². The monoisotopic (exact) mass is 357 g/mol. The zero-order valence-corrected chi connectivity index (χ0v) is 15.7. The third-order valence-electron chi connectivity index (χ3n) is 4.63. The number of carbonyl (C=O) groups is 1. The van der Waals surface area contributed by atoms with E-state index in [1.165, 1.54) is 5.56 Å². The highest BCUT2D eigenvalue weighted by Gasteiger charge is 2.23.